The summed E-state index contributed by atoms with van der Waals surface area (Å²) in [6.45, 7) is 0. The third-order valence-corrected chi connectivity index (χ3v) is 2.36. The fourth-order valence-corrected chi connectivity index (χ4v) is 1.71. The summed E-state index contributed by atoms with van der Waals surface area (Å²) in [6.07, 6.45) is 3.69. The number of aromatic nitrogens is 1. The molecule has 0 saturated heterocycles. The molecule has 0 bridgehead atoms. The van der Waals surface area contributed by atoms with E-state index < -0.39 is 5.97 Å². The van der Waals surface area contributed by atoms with Crippen molar-refractivity contribution in [3.63, 3.8) is 0 Å². The lowest BCUT2D eigenvalue weighted by atomic mass is 10.1. The zero-order valence-electron chi connectivity index (χ0n) is 7.25. The van der Waals surface area contributed by atoms with E-state index in [1.807, 2.05) is 0 Å². The van der Waals surface area contributed by atoms with E-state index in [0.29, 0.717) is 6.42 Å². The highest BCUT2D eigenvalue weighted by atomic mass is 16.5. The maximum Gasteiger partial charge on any atom is 0.303 e. The van der Waals surface area contributed by atoms with Gasteiger partial charge in [-0.15, -0.1) is 0 Å². The van der Waals surface area contributed by atoms with Gasteiger partial charge in [0.05, 0.1) is 12.1 Å². The average Bonchev–Trinajstić information content (AvgIpc) is 2.60. The average molecular weight is 181 g/mol. The van der Waals surface area contributed by atoms with Gasteiger partial charge < -0.3 is 9.63 Å². The minimum absolute atomic E-state index is 0.127. The Morgan fingerprint density at radius 2 is 2.38 bits per heavy atom. The first-order valence-corrected chi connectivity index (χ1v) is 4.45. The fourth-order valence-electron chi connectivity index (χ4n) is 1.71. The van der Waals surface area contributed by atoms with Crippen molar-refractivity contribution in [2.24, 2.45) is 0 Å². The summed E-state index contributed by atoms with van der Waals surface area (Å²) < 4.78 is 5.07. The number of carboxylic acid groups (broad SMARTS) is 1. The Hall–Kier alpha value is -1.32. The molecule has 1 N–H and O–H groups in total. The van der Waals surface area contributed by atoms with Crippen LogP contribution in [0.3, 0.4) is 0 Å². The molecule has 13 heavy (non-hydrogen) atoms. The second-order valence-corrected chi connectivity index (χ2v) is 3.28. The van der Waals surface area contributed by atoms with E-state index in [9.17, 15) is 4.79 Å². The number of fused-ring (bicyclic) bond motifs is 1. The summed E-state index contributed by atoms with van der Waals surface area (Å²) in [7, 11) is 0. The van der Waals surface area contributed by atoms with Gasteiger partial charge in [0, 0.05) is 12.0 Å². The van der Waals surface area contributed by atoms with Gasteiger partial charge in [0.2, 0.25) is 0 Å². The van der Waals surface area contributed by atoms with E-state index in [2.05, 4.69) is 5.16 Å². The predicted octanol–water partition coefficient (Wildman–Crippen LogP) is 1.18. The third-order valence-electron chi connectivity index (χ3n) is 2.36. The first kappa shape index (κ1) is 8.29. The number of aryl methyl sites for hydroxylation is 2. The topological polar surface area (TPSA) is 63.3 Å². The van der Waals surface area contributed by atoms with Crippen molar-refractivity contribution in [2.75, 3.05) is 0 Å². The first-order chi connectivity index (χ1) is 6.27. The highest BCUT2D eigenvalue weighted by molar-refractivity contribution is 5.67. The lowest BCUT2D eigenvalue weighted by Gasteiger charge is -1.93. The number of carbonyl (C=O) groups is 1. The van der Waals surface area contributed by atoms with E-state index >= 15 is 0 Å². The van der Waals surface area contributed by atoms with Gasteiger partial charge in [0.15, 0.2) is 0 Å². The van der Waals surface area contributed by atoms with Crippen molar-refractivity contribution in [2.45, 2.75) is 32.1 Å². The quantitative estimate of drug-likeness (QED) is 0.760. The largest absolute Gasteiger partial charge is 0.481 e. The minimum Gasteiger partial charge on any atom is -0.481 e. The first-order valence-electron chi connectivity index (χ1n) is 4.45. The summed E-state index contributed by atoms with van der Waals surface area (Å²) in [6, 6.07) is 0. The van der Waals surface area contributed by atoms with E-state index in [4.69, 9.17) is 9.63 Å². The number of carboxylic acids is 1. The van der Waals surface area contributed by atoms with Crippen molar-refractivity contribution >= 4 is 5.97 Å². The van der Waals surface area contributed by atoms with Gasteiger partial charge in [-0.1, -0.05) is 5.16 Å². The Labute approximate surface area is 75.5 Å². The van der Waals surface area contributed by atoms with E-state index in [0.717, 1.165) is 36.3 Å². The fraction of sp³-hybridized carbons (Fsp3) is 0.556. The molecule has 0 aliphatic heterocycles. The molecule has 1 aliphatic carbocycles. The van der Waals surface area contributed by atoms with Gasteiger partial charge in [-0.3, -0.25) is 4.79 Å². The summed E-state index contributed by atoms with van der Waals surface area (Å²) in [5.41, 5.74) is 2.18. The predicted molar refractivity (Wildman–Crippen MR) is 44.5 cm³/mol. The smallest absolute Gasteiger partial charge is 0.303 e. The number of hydrogen-bond donors (Lipinski definition) is 1. The van der Waals surface area contributed by atoms with Crippen molar-refractivity contribution in [1.82, 2.24) is 5.16 Å². The molecule has 1 aromatic rings. The highest BCUT2D eigenvalue weighted by Crippen LogP contribution is 2.25. The maximum absolute atomic E-state index is 10.3. The Balaban J connectivity index is 2.08. The van der Waals surface area contributed by atoms with Crippen LogP contribution < -0.4 is 0 Å². The van der Waals surface area contributed by atoms with Gasteiger partial charge in [-0.05, 0) is 19.3 Å². The van der Waals surface area contributed by atoms with Crippen LogP contribution in [0.25, 0.3) is 0 Å². The van der Waals surface area contributed by atoms with Gasteiger partial charge in [-0.2, -0.15) is 0 Å². The zero-order chi connectivity index (χ0) is 9.26. The maximum atomic E-state index is 10.3. The van der Waals surface area contributed by atoms with Crippen LogP contribution in [0.5, 0.6) is 0 Å². The summed E-state index contributed by atoms with van der Waals surface area (Å²) in [4.78, 5) is 10.3. The van der Waals surface area contributed by atoms with Crippen molar-refractivity contribution in [3.8, 4) is 0 Å². The van der Waals surface area contributed by atoms with Crippen molar-refractivity contribution in [3.05, 3.63) is 17.0 Å². The Bertz CT molecular complexity index is 330. The minimum atomic E-state index is -0.789. The van der Waals surface area contributed by atoms with Crippen LogP contribution in [0.15, 0.2) is 4.52 Å². The number of aliphatic carboxylic acids is 1. The van der Waals surface area contributed by atoms with Gasteiger partial charge in [0.25, 0.3) is 0 Å². The zero-order valence-corrected chi connectivity index (χ0v) is 7.25. The van der Waals surface area contributed by atoms with Crippen LogP contribution >= 0.6 is 0 Å². The van der Waals surface area contributed by atoms with Gasteiger partial charge >= 0.3 is 5.97 Å². The Morgan fingerprint density at radius 3 is 3.15 bits per heavy atom. The number of nitrogens with zero attached hydrogens (tertiary/aromatic N) is 1. The molecule has 1 aliphatic rings. The molecule has 1 aromatic heterocycles. The Kier molecular flexibility index (Phi) is 2.04. The molecule has 0 radical (unpaired) electrons. The number of rotatable bonds is 3. The van der Waals surface area contributed by atoms with Gasteiger partial charge in [-0.25, -0.2) is 0 Å². The molecule has 0 unspecified atom stereocenters. The standard InChI is InChI=1S/C9H11NO3/c11-9(12)5-4-8-6-2-1-3-7(6)10-13-8/h1-5H2,(H,11,12). The Morgan fingerprint density at radius 1 is 1.54 bits per heavy atom. The van der Waals surface area contributed by atoms with Crippen LogP contribution in [-0.4, -0.2) is 16.2 Å². The molecule has 0 amide bonds. The molecular formula is C9H11NO3. The van der Waals surface area contributed by atoms with Crippen LogP contribution in [-0.2, 0) is 24.1 Å². The molecule has 1 heterocycles. The molecule has 0 fully saturated rings. The number of hydrogen-bond acceptors (Lipinski definition) is 3. The van der Waals surface area contributed by atoms with E-state index in [1.54, 1.807) is 0 Å². The van der Waals surface area contributed by atoms with Crippen LogP contribution in [0.1, 0.15) is 29.9 Å². The molecule has 2 rings (SSSR count). The lowest BCUT2D eigenvalue weighted by molar-refractivity contribution is -0.137. The highest BCUT2D eigenvalue weighted by Gasteiger charge is 2.20. The van der Waals surface area contributed by atoms with Crippen molar-refractivity contribution in [1.29, 1.82) is 0 Å². The molecule has 0 aromatic carbocycles. The monoisotopic (exact) mass is 181 g/mol. The summed E-state index contributed by atoms with van der Waals surface area (Å²) in [5.74, 6) is -0.0157. The lowest BCUT2D eigenvalue weighted by Crippen LogP contribution is -1.98. The SMILES string of the molecule is O=C(O)CCc1onc2c1CCC2. The molecular weight excluding hydrogens is 170 g/mol. The third kappa shape index (κ3) is 1.56. The summed E-state index contributed by atoms with van der Waals surface area (Å²) >= 11 is 0. The van der Waals surface area contributed by atoms with E-state index in [1.165, 1.54) is 0 Å². The van der Waals surface area contributed by atoms with Crippen LogP contribution in [0.2, 0.25) is 0 Å². The second kappa shape index (κ2) is 3.20. The second-order valence-electron chi connectivity index (χ2n) is 3.28. The molecule has 0 spiro atoms. The summed E-state index contributed by atoms with van der Waals surface area (Å²) in [5, 5.41) is 12.4. The van der Waals surface area contributed by atoms with Gasteiger partial charge in [0.1, 0.15) is 5.76 Å². The molecule has 0 saturated carbocycles. The van der Waals surface area contributed by atoms with Crippen molar-refractivity contribution < 1.29 is 14.4 Å². The molecule has 0 atom stereocenters. The molecule has 4 heteroatoms. The molecule has 70 valence electrons. The van der Waals surface area contributed by atoms with E-state index in [-0.39, 0.29) is 6.42 Å². The molecule has 4 nitrogen and oxygen atoms in total. The van der Waals surface area contributed by atoms with Crippen LogP contribution in [0.4, 0.5) is 0 Å². The van der Waals surface area contributed by atoms with Crippen LogP contribution in [0, 0.1) is 0 Å². The normalized spacial score (nSPS) is 14.5.